The van der Waals surface area contributed by atoms with Gasteiger partial charge in [0, 0.05) is 17.8 Å². The number of aromatic nitrogens is 1. The zero-order valence-corrected chi connectivity index (χ0v) is 9.61. The molecule has 0 unspecified atom stereocenters. The Morgan fingerprint density at radius 3 is 2.65 bits per heavy atom. The Morgan fingerprint density at radius 2 is 1.94 bits per heavy atom. The third-order valence-corrected chi connectivity index (χ3v) is 2.43. The molecule has 1 aromatic carbocycles. The molecule has 0 amide bonds. The van der Waals surface area contributed by atoms with E-state index >= 15 is 0 Å². The summed E-state index contributed by atoms with van der Waals surface area (Å²) in [6.45, 7) is 0. The summed E-state index contributed by atoms with van der Waals surface area (Å²) < 4.78 is 24.0. The highest BCUT2D eigenvalue weighted by molar-refractivity contribution is 5.63. The minimum atomic E-state index is -0.421. The first-order valence-corrected chi connectivity index (χ1v) is 5.09. The molecule has 0 fully saturated rings. The quantitative estimate of drug-likeness (QED) is 0.816. The van der Waals surface area contributed by atoms with E-state index in [2.05, 4.69) is 4.98 Å². The van der Waals surface area contributed by atoms with Crippen molar-refractivity contribution in [3.8, 4) is 22.8 Å². The molecule has 88 valence electrons. The van der Waals surface area contributed by atoms with Crippen molar-refractivity contribution in [1.29, 1.82) is 0 Å². The molecule has 3 nitrogen and oxygen atoms in total. The topological polar surface area (TPSA) is 31.4 Å². The van der Waals surface area contributed by atoms with Gasteiger partial charge < -0.3 is 9.47 Å². The highest BCUT2D eigenvalue weighted by atomic mass is 19.1. The number of benzene rings is 1. The monoisotopic (exact) mass is 233 g/mol. The van der Waals surface area contributed by atoms with Crippen molar-refractivity contribution in [3.63, 3.8) is 0 Å². The second-order valence-electron chi connectivity index (χ2n) is 3.40. The molecule has 0 radical (unpaired) electrons. The molecular formula is C13H12FNO2. The van der Waals surface area contributed by atoms with Gasteiger partial charge in [0.05, 0.1) is 19.9 Å². The van der Waals surface area contributed by atoms with Gasteiger partial charge >= 0.3 is 0 Å². The number of nitrogens with zero attached hydrogens (tertiary/aromatic N) is 1. The first-order valence-electron chi connectivity index (χ1n) is 5.09. The third-order valence-electron chi connectivity index (χ3n) is 2.43. The van der Waals surface area contributed by atoms with Gasteiger partial charge in [0.15, 0.2) is 11.6 Å². The second-order valence-corrected chi connectivity index (χ2v) is 3.40. The lowest BCUT2D eigenvalue weighted by Crippen LogP contribution is -1.93. The van der Waals surface area contributed by atoms with E-state index in [9.17, 15) is 4.39 Å². The van der Waals surface area contributed by atoms with Crippen molar-refractivity contribution in [3.05, 3.63) is 42.3 Å². The number of hydrogen-bond donors (Lipinski definition) is 0. The predicted octanol–water partition coefficient (Wildman–Crippen LogP) is 2.90. The maximum atomic E-state index is 14.0. The summed E-state index contributed by atoms with van der Waals surface area (Å²) in [5, 5.41) is 0. The minimum Gasteiger partial charge on any atom is -0.497 e. The molecule has 1 aromatic heterocycles. The van der Waals surface area contributed by atoms with Crippen molar-refractivity contribution >= 4 is 0 Å². The van der Waals surface area contributed by atoms with Crippen LogP contribution in [0.2, 0.25) is 0 Å². The maximum absolute atomic E-state index is 14.0. The molecule has 0 atom stereocenters. The average Bonchev–Trinajstić information content (AvgIpc) is 2.39. The van der Waals surface area contributed by atoms with Crippen LogP contribution in [0.3, 0.4) is 0 Å². The lowest BCUT2D eigenvalue weighted by atomic mass is 10.1. The van der Waals surface area contributed by atoms with Gasteiger partial charge in [-0.25, -0.2) is 4.39 Å². The largest absolute Gasteiger partial charge is 0.497 e. The zero-order chi connectivity index (χ0) is 12.3. The molecular weight excluding hydrogens is 221 g/mol. The second kappa shape index (κ2) is 4.82. The Labute approximate surface area is 98.8 Å². The van der Waals surface area contributed by atoms with Crippen LogP contribution in [0.1, 0.15) is 0 Å². The molecule has 0 aliphatic rings. The van der Waals surface area contributed by atoms with Crippen LogP contribution in [0.15, 0.2) is 36.5 Å². The minimum absolute atomic E-state index is 0.201. The van der Waals surface area contributed by atoms with E-state index in [4.69, 9.17) is 9.47 Å². The van der Waals surface area contributed by atoms with Gasteiger partial charge in [-0.05, 0) is 18.2 Å². The molecule has 2 aromatic rings. The number of rotatable bonds is 3. The average molecular weight is 233 g/mol. The van der Waals surface area contributed by atoms with Crippen LogP contribution >= 0.6 is 0 Å². The van der Waals surface area contributed by atoms with Crippen molar-refractivity contribution in [1.82, 2.24) is 4.98 Å². The van der Waals surface area contributed by atoms with Gasteiger partial charge in [-0.3, -0.25) is 4.98 Å². The Kier molecular flexibility index (Phi) is 3.23. The van der Waals surface area contributed by atoms with E-state index in [1.807, 2.05) is 0 Å². The van der Waals surface area contributed by atoms with Gasteiger partial charge in [-0.2, -0.15) is 0 Å². The summed E-state index contributed by atoms with van der Waals surface area (Å²) in [5.41, 5.74) is 0.906. The molecule has 0 saturated heterocycles. The molecule has 4 heteroatoms. The van der Waals surface area contributed by atoms with Crippen LogP contribution < -0.4 is 9.47 Å². The van der Waals surface area contributed by atoms with Gasteiger partial charge in [-0.1, -0.05) is 6.07 Å². The van der Waals surface area contributed by atoms with E-state index in [1.54, 1.807) is 43.6 Å². The fourth-order valence-electron chi connectivity index (χ4n) is 1.55. The van der Waals surface area contributed by atoms with Crippen LogP contribution in [-0.4, -0.2) is 19.2 Å². The van der Waals surface area contributed by atoms with Crippen LogP contribution in [0.4, 0.5) is 4.39 Å². The number of ether oxygens (including phenoxy) is 2. The van der Waals surface area contributed by atoms with Crippen LogP contribution in [-0.2, 0) is 0 Å². The Morgan fingerprint density at radius 1 is 1.12 bits per heavy atom. The molecule has 0 aliphatic heterocycles. The smallest absolute Gasteiger partial charge is 0.174 e. The van der Waals surface area contributed by atoms with Crippen LogP contribution in [0.25, 0.3) is 11.3 Å². The highest BCUT2D eigenvalue weighted by Crippen LogP contribution is 2.29. The normalized spacial score (nSPS) is 10.1. The van der Waals surface area contributed by atoms with Crippen molar-refractivity contribution in [2.24, 2.45) is 0 Å². The summed E-state index contributed by atoms with van der Waals surface area (Å²) in [6.07, 6.45) is 1.58. The zero-order valence-electron chi connectivity index (χ0n) is 9.61. The SMILES string of the molecule is COc1ccnc(-c2cccc(OC)c2F)c1. The Bertz CT molecular complexity index is 529. The molecule has 0 aliphatic carbocycles. The van der Waals surface area contributed by atoms with Crippen molar-refractivity contribution < 1.29 is 13.9 Å². The van der Waals surface area contributed by atoms with Gasteiger partial charge in [0.1, 0.15) is 5.75 Å². The van der Waals surface area contributed by atoms with E-state index < -0.39 is 5.82 Å². The van der Waals surface area contributed by atoms with E-state index in [0.717, 1.165) is 0 Å². The van der Waals surface area contributed by atoms with Crippen molar-refractivity contribution in [2.75, 3.05) is 14.2 Å². The third kappa shape index (κ3) is 2.20. The highest BCUT2D eigenvalue weighted by Gasteiger charge is 2.11. The summed E-state index contributed by atoms with van der Waals surface area (Å²) in [7, 11) is 2.99. The predicted molar refractivity (Wildman–Crippen MR) is 62.7 cm³/mol. The molecule has 0 bridgehead atoms. The summed E-state index contributed by atoms with van der Waals surface area (Å²) >= 11 is 0. The number of methoxy groups -OCH3 is 2. The van der Waals surface area contributed by atoms with Crippen molar-refractivity contribution in [2.45, 2.75) is 0 Å². The van der Waals surface area contributed by atoms with Gasteiger partial charge in [0.2, 0.25) is 0 Å². The fraction of sp³-hybridized carbons (Fsp3) is 0.154. The van der Waals surface area contributed by atoms with Gasteiger partial charge in [0.25, 0.3) is 0 Å². The molecule has 17 heavy (non-hydrogen) atoms. The maximum Gasteiger partial charge on any atom is 0.174 e. The molecule has 0 spiro atoms. The fourth-order valence-corrected chi connectivity index (χ4v) is 1.55. The lowest BCUT2D eigenvalue weighted by Gasteiger charge is -2.07. The Hall–Kier alpha value is -2.10. The summed E-state index contributed by atoms with van der Waals surface area (Å²) in [5.74, 6) is 0.417. The summed E-state index contributed by atoms with van der Waals surface area (Å²) in [4.78, 5) is 4.12. The van der Waals surface area contributed by atoms with Gasteiger partial charge in [-0.15, -0.1) is 0 Å². The first-order chi connectivity index (χ1) is 8.26. The van der Waals surface area contributed by atoms with Crippen LogP contribution in [0.5, 0.6) is 11.5 Å². The van der Waals surface area contributed by atoms with E-state index in [1.165, 1.54) is 7.11 Å². The molecule has 1 heterocycles. The first kappa shape index (κ1) is 11.4. The molecule has 0 N–H and O–H groups in total. The number of pyridine rings is 1. The summed E-state index contributed by atoms with van der Waals surface area (Å²) in [6, 6.07) is 8.33. The standard InChI is InChI=1S/C13H12FNO2/c1-16-9-6-7-15-11(8-9)10-4-3-5-12(17-2)13(10)14/h3-8H,1-2H3. The number of halogens is 1. The molecule has 0 saturated carbocycles. The lowest BCUT2D eigenvalue weighted by molar-refractivity contribution is 0.387. The van der Waals surface area contributed by atoms with E-state index in [0.29, 0.717) is 17.0 Å². The van der Waals surface area contributed by atoms with E-state index in [-0.39, 0.29) is 5.75 Å². The Balaban J connectivity index is 2.52. The molecule has 2 rings (SSSR count). The van der Waals surface area contributed by atoms with Crippen LogP contribution in [0, 0.1) is 5.82 Å². The number of hydrogen-bond acceptors (Lipinski definition) is 3.